The minimum Gasteiger partial charge on any atom is -0.316 e. The van der Waals surface area contributed by atoms with Gasteiger partial charge in [-0.15, -0.1) is 11.3 Å². The lowest BCUT2D eigenvalue weighted by Crippen LogP contribution is -2.34. The van der Waals surface area contributed by atoms with E-state index in [0.717, 1.165) is 24.3 Å². The van der Waals surface area contributed by atoms with Gasteiger partial charge in [-0.1, -0.05) is 26.7 Å². The summed E-state index contributed by atoms with van der Waals surface area (Å²) in [4.78, 5) is 4.68. The molecule has 0 amide bonds. The molecule has 0 saturated heterocycles. The normalized spacial score (nSPS) is 26.9. The third-order valence-corrected chi connectivity index (χ3v) is 5.75. The number of hydrogen-bond donors (Lipinski definition) is 1. The Morgan fingerprint density at radius 1 is 1.30 bits per heavy atom. The molecule has 1 aromatic heterocycles. The first-order valence-corrected chi connectivity index (χ1v) is 9.22. The van der Waals surface area contributed by atoms with Crippen molar-refractivity contribution in [2.24, 2.45) is 17.8 Å². The number of rotatable bonds is 7. The van der Waals surface area contributed by atoms with Crippen LogP contribution in [0.5, 0.6) is 0 Å². The van der Waals surface area contributed by atoms with Gasteiger partial charge in [-0.25, -0.2) is 4.98 Å². The highest BCUT2D eigenvalue weighted by Gasteiger charge is 2.30. The minimum absolute atomic E-state index is 0.837. The maximum atomic E-state index is 4.68. The van der Waals surface area contributed by atoms with E-state index >= 15 is 0 Å². The molecule has 2 nitrogen and oxygen atoms in total. The highest BCUT2D eigenvalue weighted by molar-refractivity contribution is 7.09. The van der Waals surface area contributed by atoms with Crippen LogP contribution in [0.15, 0.2) is 5.38 Å². The summed E-state index contributed by atoms with van der Waals surface area (Å²) in [7, 11) is 0. The highest BCUT2D eigenvalue weighted by Crippen LogP contribution is 2.37. The SMILES string of the molecule is CCCNCC1CCC(CC)CC1Cc1nc(C)cs1. The van der Waals surface area contributed by atoms with Gasteiger partial charge in [0, 0.05) is 17.5 Å². The fraction of sp³-hybridized carbons (Fsp3) is 0.824. The summed E-state index contributed by atoms with van der Waals surface area (Å²) >= 11 is 1.85. The van der Waals surface area contributed by atoms with Gasteiger partial charge >= 0.3 is 0 Å². The van der Waals surface area contributed by atoms with E-state index < -0.39 is 0 Å². The molecule has 2 rings (SSSR count). The first-order chi connectivity index (χ1) is 9.72. The quantitative estimate of drug-likeness (QED) is 0.752. The van der Waals surface area contributed by atoms with Crippen LogP contribution in [0.4, 0.5) is 0 Å². The predicted molar refractivity (Wildman–Crippen MR) is 88.3 cm³/mol. The lowest BCUT2D eigenvalue weighted by atomic mass is 9.72. The van der Waals surface area contributed by atoms with Gasteiger partial charge in [-0.2, -0.15) is 0 Å². The van der Waals surface area contributed by atoms with Gasteiger partial charge in [0.1, 0.15) is 0 Å². The first-order valence-electron chi connectivity index (χ1n) is 8.34. The van der Waals surface area contributed by atoms with Crippen LogP contribution in [-0.4, -0.2) is 18.1 Å². The fourth-order valence-corrected chi connectivity index (χ4v) is 4.36. The molecule has 114 valence electrons. The van der Waals surface area contributed by atoms with Gasteiger partial charge in [-0.3, -0.25) is 0 Å². The zero-order chi connectivity index (χ0) is 14.4. The Labute approximate surface area is 128 Å². The summed E-state index contributed by atoms with van der Waals surface area (Å²) in [6, 6.07) is 0. The van der Waals surface area contributed by atoms with Gasteiger partial charge in [0.25, 0.3) is 0 Å². The van der Waals surface area contributed by atoms with Gasteiger partial charge < -0.3 is 5.32 Å². The van der Waals surface area contributed by atoms with Crippen molar-refractivity contribution in [3.63, 3.8) is 0 Å². The molecule has 0 bridgehead atoms. The van der Waals surface area contributed by atoms with Crippen molar-refractivity contribution in [1.82, 2.24) is 10.3 Å². The van der Waals surface area contributed by atoms with Crippen molar-refractivity contribution < 1.29 is 0 Å². The molecule has 3 unspecified atom stereocenters. The van der Waals surface area contributed by atoms with Gasteiger partial charge in [-0.05, 0) is 57.0 Å². The Hall–Kier alpha value is -0.410. The average Bonchev–Trinajstić information content (AvgIpc) is 2.86. The fourth-order valence-electron chi connectivity index (χ4n) is 3.50. The van der Waals surface area contributed by atoms with Gasteiger partial charge in [0.05, 0.1) is 5.01 Å². The van der Waals surface area contributed by atoms with E-state index in [1.54, 1.807) is 0 Å². The Balaban J connectivity index is 1.94. The second-order valence-corrected chi connectivity index (χ2v) is 7.34. The van der Waals surface area contributed by atoms with Crippen molar-refractivity contribution in [3.8, 4) is 0 Å². The lowest BCUT2D eigenvalue weighted by molar-refractivity contribution is 0.171. The van der Waals surface area contributed by atoms with E-state index in [9.17, 15) is 0 Å². The van der Waals surface area contributed by atoms with E-state index in [1.807, 2.05) is 11.3 Å². The smallest absolute Gasteiger partial charge is 0.0930 e. The summed E-state index contributed by atoms with van der Waals surface area (Å²) in [5.41, 5.74) is 1.19. The van der Waals surface area contributed by atoms with Crippen LogP contribution >= 0.6 is 11.3 Å². The number of aryl methyl sites for hydroxylation is 1. The Kier molecular flexibility index (Phi) is 6.50. The summed E-state index contributed by atoms with van der Waals surface area (Å²) in [5, 5.41) is 7.19. The number of thiazole rings is 1. The molecule has 1 aromatic rings. The Bertz CT molecular complexity index is 386. The Morgan fingerprint density at radius 3 is 2.80 bits per heavy atom. The second kappa shape index (κ2) is 8.14. The zero-order valence-electron chi connectivity index (χ0n) is 13.3. The number of nitrogens with zero attached hydrogens (tertiary/aromatic N) is 1. The average molecular weight is 295 g/mol. The molecule has 1 aliphatic carbocycles. The molecule has 1 N–H and O–H groups in total. The van der Waals surface area contributed by atoms with Gasteiger partial charge in [0.2, 0.25) is 0 Å². The molecule has 0 aromatic carbocycles. The van der Waals surface area contributed by atoms with E-state index in [4.69, 9.17) is 0 Å². The van der Waals surface area contributed by atoms with Crippen molar-refractivity contribution in [3.05, 3.63) is 16.1 Å². The van der Waals surface area contributed by atoms with Crippen LogP contribution in [-0.2, 0) is 6.42 Å². The van der Waals surface area contributed by atoms with E-state index in [-0.39, 0.29) is 0 Å². The zero-order valence-corrected chi connectivity index (χ0v) is 14.1. The molecule has 1 saturated carbocycles. The summed E-state index contributed by atoms with van der Waals surface area (Å²) in [6.45, 7) is 9.08. The molecule has 1 fully saturated rings. The predicted octanol–water partition coefficient (Wildman–Crippen LogP) is 4.44. The molecule has 1 heterocycles. The van der Waals surface area contributed by atoms with Crippen molar-refractivity contribution in [1.29, 1.82) is 0 Å². The summed E-state index contributed by atoms with van der Waals surface area (Å²) in [5.74, 6) is 2.64. The molecule has 0 spiro atoms. The number of hydrogen-bond acceptors (Lipinski definition) is 3. The van der Waals surface area contributed by atoms with Crippen molar-refractivity contribution in [2.45, 2.75) is 59.3 Å². The van der Waals surface area contributed by atoms with Crippen molar-refractivity contribution in [2.75, 3.05) is 13.1 Å². The van der Waals surface area contributed by atoms with E-state index in [2.05, 4.69) is 36.5 Å². The van der Waals surface area contributed by atoms with Crippen LogP contribution in [0.25, 0.3) is 0 Å². The molecule has 3 heteroatoms. The van der Waals surface area contributed by atoms with Crippen LogP contribution in [0.1, 0.15) is 56.7 Å². The molecular formula is C17H30N2S. The standard InChI is InChI=1S/C17H30N2S/c1-4-8-18-11-15-7-6-14(5-2)9-16(15)10-17-19-13(3)12-20-17/h12,14-16,18H,4-11H2,1-3H3. The molecule has 1 aliphatic rings. The van der Waals surface area contributed by atoms with E-state index in [1.165, 1.54) is 55.8 Å². The van der Waals surface area contributed by atoms with Crippen LogP contribution in [0, 0.1) is 24.7 Å². The highest BCUT2D eigenvalue weighted by atomic mass is 32.1. The third kappa shape index (κ3) is 4.56. The molecule has 3 atom stereocenters. The first kappa shape index (κ1) is 16.0. The van der Waals surface area contributed by atoms with Crippen LogP contribution in [0.2, 0.25) is 0 Å². The lowest BCUT2D eigenvalue weighted by Gasteiger charge is -2.36. The molecule has 20 heavy (non-hydrogen) atoms. The topological polar surface area (TPSA) is 24.9 Å². The summed E-state index contributed by atoms with van der Waals surface area (Å²) in [6.07, 6.45) is 8.04. The van der Waals surface area contributed by atoms with Crippen LogP contribution < -0.4 is 5.32 Å². The van der Waals surface area contributed by atoms with Crippen LogP contribution in [0.3, 0.4) is 0 Å². The van der Waals surface area contributed by atoms with Gasteiger partial charge in [0.15, 0.2) is 0 Å². The molecule has 0 radical (unpaired) electrons. The number of nitrogens with one attached hydrogen (secondary N) is 1. The monoisotopic (exact) mass is 294 g/mol. The minimum atomic E-state index is 0.837. The van der Waals surface area contributed by atoms with E-state index in [0.29, 0.717) is 0 Å². The maximum Gasteiger partial charge on any atom is 0.0930 e. The Morgan fingerprint density at radius 2 is 2.15 bits per heavy atom. The van der Waals surface area contributed by atoms with Crippen molar-refractivity contribution >= 4 is 11.3 Å². The maximum absolute atomic E-state index is 4.68. The number of aromatic nitrogens is 1. The second-order valence-electron chi connectivity index (χ2n) is 6.40. The largest absolute Gasteiger partial charge is 0.316 e. The summed E-state index contributed by atoms with van der Waals surface area (Å²) < 4.78 is 0. The molecular weight excluding hydrogens is 264 g/mol. The molecule has 0 aliphatic heterocycles. The third-order valence-electron chi connectivity index (χ3n) is 4.76.